The molecule has 0 aliphatic carbocycles. The SMILES string of the molecule is CCCN(CCC(=O)Nc1cc(C)on1)C1CCNC1.Cl. The fourth-order valence-electron chi connectivity index (χ4n) is 2.59. The zero-order valence-electron chi connectivity index (χ0n) is 12.7. The third-order valence-electron chi connectivity index (χ3n) is 3.58. The van der Waals surface area contributed by atoms with Gasteiger partial charge in [0.25, 0.3) is 0 Å². The number of anilines is 1. The molecule has 1 aromatic heterocycles. The van der Waals surface area contributed by atoms with Gasteiger partial charge in [-0.3, -0.25) is 9.69 Å². The van der Waals surface area contributed by atoms with Gasteiger partial charge in [-0.2, -0.15) is 0 Å². The first-order chi connectivity index (χ1) is 9.69. The molecule has 1 saturated heterocycles. The van der Waals surface area contributed by atoms with E-state index in [-0.39, 0.29) is 18.3 Å². The van der Waals surface area contributed by atoms with E-state index in [1.165, 1.54) is 6.42 Å². The first kappa shape index (κ1) is 17.9. The molecule has 2 N–H and O–H groups in total. The van der Waals surface area contributed by atoms with Gasteiger partial charge in [0.2, 0.25) is 5.91 Å². The molecule has 0 bridgehead atoms. The van der Waals surface area contributed by atoms with Gasteiger partial charge in [0.1, 0.15) is 5.76 Å². The molecule has 1 aromatic rings. The molecule has 120 valence electrons. The van der Waals surface area contributed by atoms with Gasteiger partial charge in [-0.15, -0.1) is 12.4 Å². The van der Waals surface area contributed by atoms with Crippen molar-refractivity contribution in [1.82, 2.24) is 15.4 Å². The monoisotopic (exact) mass is 316 g/mol. The molecule has 1 atom stereocenters. The number of aryl methyl sites for hydroxylation is 1. The molecular weight excluding hydrogens is 292 g/mol. The Hall–Kier alpha value is -1.11. The Morgan fingerprint density at radius 1 is 1.57 bits per heavy atom. The smallest absolute Gasteiger partial charge is 0.226 e. The van der Waals surface area contributed by atoms with Crippen molar-refractivity contribution in [2.75, 3.05) is 31.5 Å². The Bertz CT molecular complexity index is 432. The topological polar surface area (TPSA) is 70.4 Å². The third kappa shape index (κ3) is 5.65. The standard InChI is InChI=1S/C14H24N4O2.ClH/c1-3-7-18(12-4-6-15-10-12)8-5-14(19)16-13-9-11(2)20-17-13;/h9,12,15H,3-8,10H2,1-2H3,(H,16,17,19);1H. The number of aromatic nitrogens is 1. The summed E-state index contributed by atoms with van der Waals surface area (Å²) in [5.41, 5.74) is 0. The fraction of sp³-hybridized carbons (Fsp3) is 0.714. The number of nitrogens with zero attached hydrogens (tertiary/aromatic N) is 2. The van der Waals surface area contributed by atoms with Crippen LogP contribution in [0.1, 0.15) is 31.9 Å². The summed E-state index contributed by atoms with van der Waals surface area (Å²) in [6, 6.07) is 2.29. The zero-order chi connectivity index (χ0) is 14.4. The Morgan fingerprint density at radius 3 is 2.95 bits per heavy atom. The van der Waals surface area contributed by atoms with E-state index >= 15 is 0 Å². The Kier molecular flexibility index (Phi) is 7.71. The summed E-state index contributed by atoms with van der Waals surface area (Å²) in [5.74, 6) is 1.19. The van der Waals surface area contributed by atoms with Crippen molar-refractivity contribution < 1.29 is 9.32 Å². The lowest BCUT2D eigenvalue weighted by atomic mass is 10.2. The van der Waals surface area contributed by atoms with Gasteiger partial charge in [0.15, 0.2) is 5.82 Å². The first-order valence-corrected chi connectivity index (χ1v) is 7.37. The van der Waals surface area contributed by atoms with Crippen molar-refractivity contribution in [3.05, 3.63) is 11.8 Å². The van der Waals surface area contributed by atoms with E-state index in [2.05, 4.69) is 27.6 Å². The van der Waals surface area contributed by atoms with Crippen LogP contribution in [-0.4, -0.2) is 48.2 Å². The van der Waals surface area contributed by atoms with Gasteiger partial charge < -0.3 is 15.2 Å². The summed E-state index contributed by atoms with van der Waals surface area (Å²) >= 11 is 0. The maximum Gasteiger partial charge on any atom is 0.226 e. The van der Waals surface area contributed by atoms with Crippen LogP contribution >= 0.6 is 12.4 Å². The molecule has 1 fully saturated rings. The van der Waals surface area contributed by atoms with Crippen LogP contribution < -0.4 is 10.6 Å². The molecule has 0 radical (unpaired) electrons. The number of nitrogens with one attached hydrogen (secondary N) is 2. The third-order valence-corrected chi connectivity index (χ3v) is 3.58. The summed E-state index contributed by atoms with van der Waals surface area (Å²) in [6.07, 6.45) is 2.77. The molecule has 1 unspecified atom stereocenters. The van der Waals surface area contributed by atoms with Crippen molar-refractivity contribution >= 4 is 24.1 Å². The second-order valence-electron chi connectivity index (χ2n) is 5.30. The molecule has 2 rings (SSSR count). The molecular formula is C14H25ClN4O2. The minimum Gasteiger partial charge on any atom is -0.360 e. The Balaban J connectivity index is 0.00000220. The van der Waals surface area contributed by atoms with Crippen molar-refractivity contribution in [2.45, 2.75) is 39.2 Å². The fourth-order valence-corrected chi connectivity index (χ4v) is 2.59. The lowest BCUT2D eigenvalue weighted by Crippen LogP contribution is -2.39. The highest BCUT2D eigenvalue weighted by Crippen LogP contribution is 2.11. The van der Waals surface area contributed by atoms with Crippen LogP contribution in [0.5, 0.6) is 0 Å². The maximum atomic E-state index is 11.9. The van der Waals surface area contributed by atoms with Crippen LogP contribution in [-0.2, 0) is 4.79 Å². The molecule has 2 heterocycles. The van der Waals surface area contributed by atoms with Crippen LogP contribution in [0.3, 0.4) is 0 Å². The predicted molar refractivity (Wildman–Crippen MR) is 84.9 cm³/mol. The number of carbonyl (C=O) groups is 1. The molecule has 21 heavy (non-hydrogen) atoms. The average molecular weight is 317 g/mol. The summed E-state index contributed by atoms with van der Waals surface area (Å²) in [5, 5.41) is 9.91. The van der Waals surface area contributed by atoms with Crippen molar-refractivity contribution in [2.24, 2.45) is 0 Å². The van der Waals surface area contributed by atoms with Gasteiger partial charge in [-0.25, -0.2) is 0 Å². The van der Waals surface area contributed by atoms with Gasteiger partial charge >= 0.3 is 0 Å². The largest absolute Gasteiger partial charge is 0.360 e. The molecule has 1 aliphatic rings. The van der Waals surface area contributed by atoms with Crippen LogP contribution in [0.25, 0.3) is 0 Å². The summed E-state index contributed by atoms with van der Waals surface area (Å²) in [4.78, 5) is 14.3. The Labute approximate surface area is 132 Å². The van der Waals surface area contributed by atoms with E-state index in [1.54, 1.807) is 13.0 Å². The molecule has 0 aromatic carbocycles. The number of rotatable bonds is 7. The van der Waals surface area contributed by atoms with E-state index < -0.39 is 0 Å². The average Bonchev–Trinajstić information content (AvgIpc) is 3.06. The van der Waals surface area contributed by atoms with E-state index in [1.807, 2.05) is 0 Å². The molecule has 1 aliphatic heterocycles. The van der Waals surface area contributed by atoms with Crippen LogP contribution in [0.15, 0.2) is 10.6 Å². The molecule has 0 saturated carbocycles. The molecule has 0 spiro atoms. The van der Waals surface area contributed by atoms with Gasteiger partial charge in [-0.05, 0) is 32.9 Å². The highest BCUT2D eigenvalue weighted by Gasteiger charge is 2.22. The predicted octanol–water partition coefficient (Wildman–Crippen LogP) is 1.81. The second-order valence-corrected chi connectivity index (χ2v) is 5.30. The first-order valence-electron chi connectivity index (χ1n) is 7.37. The highest BCUT2D eigenvalue weighted by molar-refractivity contribution is 5.89. The lowest BCUT2D eigenvalue weighted by molar-refractivity contribution is -0.116. The summed E-state index contributed by atoms with van der Waals surface area (Å²) in [7, 11) is 0. The van der Waals surface area contributed by atoms with E-state index in [0.717, 1.165) is 32.6 Å². The van der Waals surface area contributed by atoms with Gasteiger partial charge in [0, 0.05) is 31.6 Å². The Morgan fingerprint density at radius 2 is 2.38 bits per heavy atom. The number of hydrogen-bond donors (Lipinski definition) is 2. The normalized spacial score (nSPS) is 17.8. The molecule has 6 nitrogen and oxygen atoms in total. The molecule has 1 amide bonds. The van der Waals surface area contributed by atoms with E-state index in [0.29, 0.717) is 24.0 Å². The second kappa shape index (κ2) is 9.02. The maximum absolute atomic E-state index is 11.9. The highest BCUT2D eigenvalue weighted by atomic mass is 35.5. The van der Waals surface area contributed by atoms with E-state index in [9.17, 15) is 4.79 Å². The van der Waals surface area contributed by atoms with Crippen molar-refractivity contribution in [3.63, 3.8) is 0 Å². The van der Waals surface area contributed by atoms with Crippen LogP contribution in [0.2, 0.25) is 0 Å². The van der Waals surface area contributed by atoms with Crippen molar-refractivity contribution in [1.29, 1.82) is 0 Å². The number of amides is 1. The minimum absolute atomic E-state index is 0. The number of carbonyl (C=O) groups excluding carboxylic acids is 1. The van der Waals surface area contributed by atoms with Crippen LogP contribution in [0, 0.1) is 6.92 Å². The quantitative estimate of drug-likeness (QED) is 0.803. The summed E-state index contributed by atoms with van der Waals surface area (Å²) in [6.45, 7) is 7.93. The molecule has 7 heteroatoms. The van der Waals surface area contributed by atoms with Gasteiger partial charge in [-0.1, -0.05) is 12.1 Å². The number of halogens is 1. The number of hydrogen-bond acceptors (Lipinski definition) is 5. The zero-order valence-corrected chi connectivity index (χ0v) is 13.5. The lowest BCUT2D eigenvalue weighted by Gasteiger charge is -2.27. The van der Waals surface area contributed by atoms with E-state index in [4.69, 9.17) is 4.52 Å². The van der Waals surface area contributed by atoms with Gasteiger partial charge in [0.05, 0.1) is 0 Å². The van der Waals surface area contributed by atoms with Crippen LogP contribution in [0.4, 0.5) is 5.82 Å². The summed E-state index contributed by atoms with van der Waals surface area (Å²) < 4.78 is 4.93. The minimum atomic E-state index is -0.00893. The van der Waals surface area contributed by atoms with Crippen molar-refractivity contribution in [3.8, 4) is 0 Å².